The Labute approximate surface area is 204 Å². The second-order valence-corrected chi connectivity index (χ2v) is 9.18. The third-order valence-corrected chi connectivity index (χ3v) is 6.74. The molecule has 0 fully saturated rings. The standard InChI is InChI=1S/C30H38N2O2/c1-9-25-19(5)28(31-21(25)7)27(29-20(6)26(10-2)22(8)32-29)24-15-13-23(14-16-24)12-11-17-34-30(33)18(3)4/h13-16,31H,3,9-12,17H2,1-2,4-8H3/b29-27-. The average Bonchev–Trinajstić information content (AvgIpc) is 3.25. The van der Waals surface area contributed by atoms with E-state index < -0.39 is 0 Å². The largest absolute Gasteiger partial charge is 0.462 e. The van der Waals surface area contributed by atoms with Gasteiger partial charge in [0.1, 0.15) is 0 Å². The van der Waals surface area contributed by atoms with Crippen molar-refractivity contribution in [2.45, 2.75) is 74.1 Å². The summed E-state index contributed by atoms with van der Waals surface area (Å²) in [6, 6.07) is 8.74. The van der Waals surface area contributed by atoms with Crippen LogP contribution in [0.3, 0.4) is 0 Å². The number of aromatic nitrogens is 1. The third kappa shape index (κ3) is 5.16. The van der Waals surface area contributed by atoms with E-state index in [0.717, 1.165) is 48.3 Å². The summed E-state index contributed by atoms with van der Waals surface area (Å²) >= 11 is 0. The highest BCUT2D eigenvalue weighted by molar-refractivity contribution is 6.05. The summed E-state index contributed by atoms with van der Waals surface area (Å²) in [7, 11) is 0. The zero-order chi connectivity index (χ0) is 25.0. The van der Waals surface area contributed by atoms with Gasteiger partial charge < -0.3 is 9.72 Å². The lowest BCUT2D eigenvalue weighted by atomic mass is 9.92. The van der Waals surface area contributed by atoms with Crippen LogP contribution < -0.4 is 0 Å². The van der Waals surface area contributed by atoms with E-state index in [1.807, 2.05) is 0 Å². The topological polar surface area (TPSA) is 54.4 Å². The molecule has 0 atom stereocenters. The van der Waals surface area contributed by atoms with Crippen molar-refractivity contribution in [3.05, 3.63) is 86.9 Å². The molecule has 0 aliphatic carbocycles. The van der Waals surface area contributed by atoms with E-state index in [9.17, 15) is 4.79 Å². The van der Waals surface area contributed by atoms with Crippen LogP contribution in [0.1, 0.15) is 81.1 Å². The van der Waals surface area contributed by atoms with Gasteiger partial charge in [0.25, 0.3) is 0 Å². The molecule has 0 bridgehead atoms. The van der Waals surface area contributed by atoms with Gasteiger partial charge in [-0.05, 0) is 93.7 Å². The predicted molar refractivity (Wildman–Crippen MR) is 142 cm³/mol. The second kappa shape index (κ2) is 10.9. The van der Waals surface area contributed by atoms with Gasteiger partial charge in [-0.15, -0.1) is 0 Å². The molecule has 1 aliphatic heterocycles. The molecule has 0 amide bonds. The number of H-pyrrole nitrogens is 1. The molecular formula is C30H38N2O2. The number of ether oxygens (including phenoxy) is 1. The summed E-state index contributed by atoms with van der Waals surface area (Å²) in [6.45, 7) is 18.8. The minimum atomic E-state index is -0.322. The van der Waals surface area contributed by atoms with E-state index in [0.29, 0.717) is 12.2 Å². The number of benzene rings is 1. The van der Waals surface area contributed by atoms with Crippen LogP contribution in [0.2, 0.25) is 0 Å². The van der Waals surface area contributed by atoms with E-state index in [4.69, 9.17) is 9.73 Å². The predicted octanol–water partition coefficient (Wildman–Crippen LogP) is 7.21. The van der Waals surface area contributed by atoms with Gasteiger partial charge in [0.2, 0.25) is 0 Å². The number of allylic oxidation sites excluding steroid dienone is 2. The number of esters is 1. The Balaban J connectivity index is 1.96. The molecular weight excluding hydrogens is 420 g/mol. The molecule has 0 spiro atoms. The van der Waals surface area contributed by atoms with Crippen LogP contribution in [0.15, 0.2) is 58.3 Å². The molecule has 0 saturated carbocycles. The van der Waals surface area contributed by atoms with E-state index in [-0.39, 0.29) is 5.97 Å². The highest BCUT2D eigenvalue weighted by Crippen LogP contribution is 2.38. The Morgan fingerprint density at radius 3 is 2.26 bits per heavy atom. The van der Waals surface area contributed by atoms with Crippen LogP contribution in [0.5, 0.6) is 0 Å². The molecule has 1 aromatic carbocycles. The molecule has 1 aromatic heterocycles. The number of carbonyl (C=O) groups is 1. The number of aryl methyl sites for hydroxylation is 2. The smallest absolute Gasteiger partial charge is 0.333 e. The van der Waals surface area contributed by atoms with Gasteiger partial charge in [-0.3, -0.25) is 4.99 Å². The van der Waals surface area contributed by atoms with Crippen molar-refractivity contribution in [2.24, 2.45) is 4.99 Å². The van der Waals surface area contributed by atoms with Crippen molar-refractivity contribution in [3.8, 4) is 0 Å². The van der Waals surface area contributed by atoms with Crippen molar-refractivity contribution in [1.82, 2.24) is 4.98 Å². The minimum absolute atomic E-state index is 0.322. The lowest BCUT2D eigenvalue weighted by Gasteiger charge is -2.14. The number of aromatic amines is 1. The molecule has 2 aromatic rings. The first-order valence-corrected chi connectivity index (χ1v) is 12.3. The van der Waals surface area contributed by atoms with Crippen molar-refractivity contribution in [2.75, 3.05) is 6.61 Å². The Morgan fingerprint density at radius 2 is 1.74 bits per heavy atom. The molecule has 1 N–H and O–H groups in total. The maximum absolute atomic E-state index is 11.6. The van der Waals surface area contributed by atoms with E-state index in [1.165, 1.54) is 39.1 Å². The molecule has 34 heavy (non-hydrogen) atoms. The monoisotopic (exact) mass is 458 g/mol. The number of hydrogen-bond acceptors (Lipinski definition) is 3. The summed E-state index contributed by atoms with van der Waals surface area (Å²) in [4.78, 5) is 20.3. The van der Waals surface area contributed by atoms with Gasteiger partial charge in [-0.1, -0.05) is 44.7 Å². The Kier molecular flexibility index (Phi) is 8.14. The summed E-state index contributed by atoms with van der Waals surface area (Å²) in [5.74, 6) is -0.322. The average molecular weight is 459 g/mol. The molecule has 4 heteroatoms. The van der Waals surface area contributed by atoms with Gasteiger partial charge >= 0.3 is 5.97 Å². The van der Waals surface area contributed by atoms with Crippen LogP contribution >= 0.6 is 0 Å². The Morgan fingerprint density at radius 1 is 1.06 bits per heavy atom. The molecule has 4 nitrogen and oxygen atoms in total. The van der Waals surface area contributed by atoms with Crippen LogP contribution in [-0.4, -0.2) is 23.3 Å². The van der Waals surface area contributed by atoms with Crippen LogP contribution in [-0.2, 0) is 22.4 Å². The molecule has 2 heterocycles. The van der Waals surface area contributed by atoms with E-state index in [2.05, 4.69) is 77.4 Å². The van der Waals surface area contributed by atoms with Gasteiger partial charge in [0.15, 0.2) is 0 Å². The summed E-state index contributed by atoms with van der Waals surface area (Å²) in [5, 5.41) is 0. The van der Waals surface area contributed by atoms with Crippen LogP contribution in [0.4, 0.5) is 0 Å². The van der Waals surface area contributed by atoms with Crippen LogP contribution in [0, 0.1) is 13.8 Å². The first-order chi connectivity index (χ1) is 16.2. The molecule has 180 valence electrons. The summed E-state index contributed by atoms with van der Waals surface area (Å²) in [5.41, 5.74) is 13.9. The van der Waals surface area contributed by atoms with Crippen molar-refractivity contribution in [3.63, 3.8) is 0 Å². The normalized spacial score (nSPS) is 15.0. The fourth-order valence-electron chi connectivity index (χ4n) is 4.87. The SMILES string of the molecule is C=C(C)C(=O)OCCCc1ccc(/C(=C2/N=C(C)C(CC)=C2C)c2[nH]c(C)c(CC)c2C)cc1. The summed E-state index contributed by atoms with van der Waals surface area (Å²) < 4.78 is 5.22. The number of nitrogens with one attached hydrogen (secondary N) is 1. The van der Waals surface area contributed by atoms with E-state index >= 15 is 0 Å². The number of hydrogen-bond donors (Lipinski definition) is 1. The molecule has 1 aliphatic rings. The number of nitrogens with zero attached hydrogens (tertiary/aromatic N) is 1. The van der Waals surface area contributed by atoms with Crippen molar-refractivity contribution in [1.29, 1.82) is 0 Å². The first-order valence-electron chi connectivity index (χ1n) is 12.3. The zero-order valence-corrected chi connectivity index (χ0v) is 21.8. The lowest BCUT2D eigenvalue weighted by molar-refractivity contribution is -0.139. The lowest BCUT2D eigenvalue weighted by Crippen LogP contribution is -2.06. The quantitative estimate of drug-likeness (QED) is 0.245. The zero-order valence-electron chi connectivity index (χ0n) is 21.8. The second-order valence-electron chi connectivity index (χ2n) is 9.18. The first kappa shape index (κ1) is 25.5. The molecule has 3 rings (SSSR count). The van der Waals surface area contributed by atoms with Crippen LogP contribution in [0.25, 0.3) is 5.57 Å². The molecule has 0 saturated heterocycles. The highest BCUT2D eigenvalue weighted by Gasteiger charge is 2.24. The van der Waals surface area contributed by atoms with Gasteiger partial charge in [0.05, 0.1) is 18.0 Å². The minimum Gasteiger partial charge on any atom is -0.462 e. The number of carbonyl (C=O) groups excluding carboxylic acids is 1. The summed E-state index contributed by atoms with van der Waals surface area (Å²) in [6.07, 6.45) is 3.62. The number of rotatable bonds is 9. The molecule has 0 radical (unpaired) electrons. The van der Waals surface area contributed by atoms with Crippen molar-refractivity contribution >= 4 is 17.3 Å². The Hall–Kier alpha value is -3.14. The fraction of sp³-hybridized carbons (Fsp3) is 0.400. The number of aliphatic imine (C=N–C) groups is 1. The molecule has 0 unspecified atom stereocenters. The van der Waals surface area contributed by atoms with Crippen molar-refractivity contribution < 1.29 is 9.53 Å². The van der Waals surface area contributed by atoms with Gasteiger partial charge in [-0.2, -0.15) is 0 Å². The Bertz CT molecular complexity index is 1190. The fourth-order valence-corrected chi connectivity index (χ4v) is 4.87. The maximum atomic E-state index is 11.6. The van der Waals surface area contributed by atoms with Gasteiger partial charge in [-0.25, -0.2) is 4.79 Å². The third-order valence-electron chi connectivity index (χ3n) is 6.74. The maximum Gasteiger partial charge on any atom is 0.333 e. The van der Waals surface area contributed by atoms with Gasteiger partial charge in [0, 0.05) is 22.6 Å². The van der Waals surface area contributed by atoms with E-state index in [1.54, 1.807) is 6.92 Å². The highest BCUT2D eigenvalue weighted by atomic mass is 16.5.